The summed E-state index contributed by atoms with van der Waals surface area (Å²) in [6, 6.07) is 6.67. The van der Waals surface area contributed by atoms with Crippen LogP contribution in [0.4, 0.5) is 23.1 Å². The van der Waals surface area contributed by atoms with Gasteiger partial charge >= 0.3 is 0 Å². The molecule has 2 heterocycles. The van der Waals surface area contributed by atoms with Gasteiger partial charge in [-0.05, 0) is 78.4 Å². The van der Waals surface area contributed by atoms with Crippen molar-refractivity contribution < 1.29 is 0 Å². The van der Waals surface area contributed by atoms with Gasteiger partial charge in [0.2, 0.25) is 5.95 Å². The van der Waals surface area contributed by atoms with E-state index < -0.39 is 0 Å². The quantitative estimate of drug-likeness (QED) is 0.299. The molecule has 0 radical (unpaired) electrons. The molecule has 3 N–H and O–H groups in total. The topological polar surface area (TPSA) is 71.6 Å². The van der Waals surface area contributed by atoms with Gasteiger partial charge in [-0.1, -0.05) is 25.3 Å². The second-order valence-electron chi connectivity index (χ2n) is 11.7. The van der Waals surface area contributed by atoms with E-state index in [0.717, 1.165) is 48.8 Å². The molecule has 1 aromatic heterocycles. The third-order valence-corrected chi connectivity index (χ3v) is 6.94. The Morgan fingerprint density at radius 1 is 1.15 bits per heavy atom. The number of rotatable bonds is 11. The molecule has 2 aromatic rings. The molecule has 8 heteroatoms. The number of aromatic nitrogens is 2. The van der Waals surface area contributed by atoms with E-state index in [1.165, 1.54) is 11.3 Å². The van der Waals surface area contributed by atoms with Gasteiger partial charge in [0, 0.05) is 74.3 Å². The summed E-state index contributed by atoms with van der Waals surface area (Å²) in [5.74, 6) is 1.16. The minimum absolute atomic E-state index is 0.0485. The van der Waals surface area contributed by atoms with Crippen LogP contribution in [0.5, 0.6) is 0 Å². The lowest BCUT2D eigenvalue weighted by atomic mass is 10.1. The Morgan fingerprint density at radius 3 is 2.45 bits per heavy atom. The number of allylic oxidation sites excluding steroid dienone is 3. The number of nitrogens with one attached hydrogen (secondary N) is 3. The van der Waals surface area contributed by atoms with Crippen molar-refractivity contribution >= 4 is 28.8 Å². The van der Waals surface area contributed by atoms with Gasteiger partial charge in [-0.25, -0.2) is 4.98 Å². The zero-order chi connectivity index (χ0) is 29.4. The fraction of sp³-hybridized carbons (Fsp3) is 0.438. The molecule has 8 nitrogen and oxygen atoms in total. The number of hydrogen-bond donors (Lipinski definition) is 3. The van der Waals surface area contributed by atoms with E-state index in [4.69, 9.17) is 4.98 Å². The van der Waals surface area contributed by atoms with Gasteiger partial charge in [-0.15, -0.1) is 0 Å². The Morgan fingerprint density at radius 2 is 1.85 bits per heavy atom. The highest BCUT2D eigenvalue weighted by Gasteiger charge is 2.18. The highest BCUT2D eigenvalue weighted by molar-refractivity contribution is 5.74. The van der Waals surface area contributed by atoms with Gasteiger partial charge in [0.1, 0.15) is 5.82 Å². The van der Waals surface area contributed by atoms with Crippen LogP contribution in [-0.4, -0.2) is 71.6 Å². The van der Waals surface area contributed by atoms with E-state index in [9.17, 15) is 0 Å². The molecule has 1 fully saturated rings. The second kappa shape index (κ2) is 13.5. The molecule has 40 heavy (non-hydrogen) atoms. The smallest absolute Gasteiger partial charge is 0.229 e. The number of likely N-dealkylation sites (N-methyl/N-ethyl adjacent to an activating group) is 1. The van der Waals surface area contributed by atoms with E-state index in [1.54, 1.807) is 6.08 Å². The predicted octanol–water partition coefficient (Wildman–Crippen LogP) is 5.97. The Labute approximate surface area is 241 Å². The molecule has 0 atom stereocenters. The fourth-order valence-corrected chi connectivity index (χ4v) is 4.28. The minimum Gasteiger partial charge on any atom is -0.383 e. The van der Waals surface area contributed by atoms with E-state index >= 15 is 0 Å². The molecule has 0 amide bonds. The van der Waals surface area contributed by atoms with Crippen molar-refractivity contribution in [1.82, 2.24) is 25.1 Å². The Bertz CT molecular complexity index is 1230. The van der Waals surface area contributed by atoms with Crippen LogP contribution in [0.3, 0.4) is 0 Å². The minimum atomic E-state index is -0.0485. The van der Waals surface area contributed by atoms with Crippen molar-refractivity contribution in [3.63, 3.8) is 0 Å². The van der Waals surface area contributed by atoms with E-state index in [-0.39, 0.29) is 11.6 Å². The summed E-state index contributed by atoms with van der Waals surface area (Å²) >= 11 is 0. The third kappa shape index (κ3) is 8.61. The standard InChI is InChI=1S/C32H48N8/c1-11-12-13-27(22-39(10)32(6,7)8)35-30-28(25(5)34-23(2)3)21-33-31(37-30)36-26-14-15-29(24(4)20-26)40-18-16-38(9)17-19-40/h11-15,20-23,34H,1,5,16-19H2,2-4,6-10H3,(H2,33,35,36,37)/b13-12-,27-22+. The number of anilines is 4. The molecule has 1 aromatic carbocycles. The SMILES string of the molecule is C=C/C=C\C(=C/N(C)C(C)(C)C)Nc1nc(Nc2ccc(N3CCN(C)CC3)c(C)c2)ncc1C(=C)NC(C)C. The Kier molecular flexibility index (Phi) is 10.4. The molecule has 3 rings (SSSR count). The summed E-state index contributed by atoms with van der Waals surface area (Å²) < 4.78 is 0. The maximum Gasteiger partial charge on any atom is 0.229 e. The fourth-order valence-electron chi connectivity index (χ4n) is 4.28. The van der Waals surface area contributed by atoms with E-state index in [2.05, 4.69) is 129 Å². The Hall–Kier alpha value is -3.78. The van der Waals surface area contributed by atoms with E-state index in [0.29, 0.717) is 11.8 Å². The number of piperazine rings is 1. The lowest BCUT2D eigenvalue weighted by molar-refractivity contribution is 0.249. The molecule has 1 aliphatic rings. The summed E-state index contributed by atoms with van der Waals surface area (Å²) in [6.45, 7) is 25.2. The zero-order valence-corrected chi connectivity index (χ0v) is 25.7. The summed E-state index contributed by atoms with van der Waals surface area (Å²) in [4.78, 5) is 16.5. The van der Waals surface area contributed by atoms with Gasteiger partial charge in [0.25, 0.3) is 0 Å². The highest BCUT2D eigenvalue weighted by Crippen LogP contribution is 2.28. The summed E-state index contributed by atoms with van der Waals surface area (Å²) in [5, 5.41) is 10.3. The summed E-state index contributed by atoms with van der Waals surface area (Å²) in [7, 11) is 4.24. The Balaban J connectivity index is 1.92. The number of benzene rings is 1. The normalized spacial score (nSPS) is 14.9. The van der Waals surface area contributed by atoms with Crippen molar-refractivity contribution in [2.75, 3.05) is 55.8 Å². The third-order valence-electron chi connectivity index (χ3n) is 6.94. The first-order valence-corrected chi connectivity index (χ1v) is 14.0. The average molecular weight is 545 g/mol. The molecule has 0 saturated carbocycles. The van der Waals surface area contributed by atoms with Crippen LogP contribution in [0.15, 0.2) is 67.7 Å². The van der Waals surface area contributed by atoms with Crippen LogP contribution in [0.25, 0.3) is 5.70 Å². The molecule has 0 bridgehead atoms. The van der Waals surface area contributed by atoms with Crippen molar-refractivity contribution in [3.8, 4) is 0 Å². The highest BCUT2D eigenvalue weighted by atomic mass is 15.2. The molecule has 0 spiro atoms. The monoisotopic (exact) mass is 544 g/mol. The first-order valence-electron chi connectivity index (χ1n) is 14.0. The maximum atomic E-state index is 4.89. The second-order valence-corrected chi connectivity index (χ2v) is 11.7. The molecule has 0 aliphatic carbocycles. The molecule has 1 aliphatic heterocycles. The van der Waals surface area contributed by atoms with Gasteiger partial charge < -0.3 is 30.7 Å². The van der Waals surface area contributed by atoms with Crippen molar-refractivity contribution in [3.05, 3.63) is 78.8 Å². The number of hydrogen-bond acceptors (Lipinski definition) is 8. The first-order chi connectivity index (χ1) is 18.9. The molecule has 1 saturated heterocycles. The van der Waals surface area contributed by atoms with Gasteiger partial charge in [0.15, 0.2) is 0 Å². The molecular weight excluding hydrogens is 496 g/mol. The van der Waals surface area contributed by atoms with Gasteiger partial charge in [-0.3, -0.25) is 0 Å². The van der Waals surface area contributed by atoms with Crippen LogP contribution >= 0.6 is 0 Å². The van der Waals surface area contributed by atoms with Crippen LogP contribution in [0.2, 0.25) is 0 Å². The van der Waals surface area contributed by atoms with Crippen LogP contribution < -0.4 is 20.9 Å². The molecule has 216 valence electrons. The van der Waals surface area contributed by atoms with Crippen LogP contribution in [-0.2, 0) is 0 Å². The van der Waals surface area contributed by atoms with Crippen molar-refractivity contribution in [2.45, 2.75) is 53.1 Å². The summed E-state index contributed by atoms with van der Waals surface area (Å²) in [5.41, 5.74) is 5.83. The van der Waals surface area contributed by atoms with E-state index in [1.807, 2.05) is 18.3 Å². The van der Waals surface area contributed by atoms with Crippen molar-refractivity contribution in [2.24, 2.45) is 0 Å². The van der Waals surface area contributed by atoms with Gasteiger partial charge in [0.05, 0.1) is 11.3 Å². The van der Waals surface area contributed by atoms with Crippen LogP contribution in [0.1, 0.15) is 45.7 Å². The predicted molar refractivity (Wildman–Crippen MR) is 172 cm³/mol. The van der Waals surface area contributed by atoms with Crippen molar-refractivity contribution in [1.29, 1.82) is 0 Å². The lowest BCUT2D eigenvalue weighted by Gasteiger charge is -2.35. The zero-order valence-electron chi connectivity index (χ0n) is 25.7. The average Bonchev–Trinajstić information content (AvgIpc) is 2.87. The lowest BCUT2D eigenvalue weighted by Crippen LogP contribution is -2.44. The number of aryl methyl sites for hydroxylation is 1. The summed E-state index contributed by atoms with van der Waals surface area (Å²) in [6.07, 6.45) is 9.52. The number of nitrogens with zero attached hydrogens (tertiary/aromatic N) is 5. The maximum absolute atomic E-state index is 4.89. The van der Waals surface area contributed by atoms with Gasteiger partial charge in [-0.2, -0.15) is 4.98 Å². The first kappa shape index (κ1) is 30.8. The largest absolute Gasteiger partial charge is 0.383 e. The van der Waals surface area contributed by atoms with Crippen LogP contribution in [0, 0.1) is 6.92 Å². The molecular formula is C32H48N8. The molecule has 0 unspecified atom stereocenters.